The van der Waals surface area contributed by atoms with Crippen molar-refractivity contribution in [1.82, 2.24) is 0 Å². The molecule has 0 saturated heterocycles. The van der Waals surface area contributed by atoms with E-state index in [1.165, 1.54) is 12.8 Å². The van der Waals surface area contributed by atoms with Gasteiger partial charge in [-0.1, -0.05) is 13.0 Å². The Bertz CT molecular complexity index is 134. The summed E-state index contributed by atoms with van der Waals surface area (Å²) in [5.41, 5.74) is 0. The van der Waals surface area contributed by atoms with E-state index in [9.17, 15) is 4.79 Å². The van der Waals surface area contributed by atoms with Crippen LogP contribution in [-0.4, -0.2) is 6.29 Å². The summed E-state index contributed by atoms with van der Waals surface area (Å²) in [5, 5.41) is 0. The molecule has 0 aromatic carbocycles. The third kappa shape index (κ3) is 2.34. The van der Waals surface area contributed by atoms with Gasteiger partial charge in [-0.05, 0) is 37.2 Å². The Morgan fingerprint density at radius 3 is 2.80 bits per heavy atom. The van der Waals surface area contributed by atoms with Crippen molar-refractivity contribution in [2.24, 2.45) is 11.8 Å². The van der Waals surface area contributed by atoms with E-state index in [4.69, 9.17) is 0 Å². The maximum atomic E-state index is 9.89. The molecule has 1 atom stereocenters. The molecule has 0 heterocycles. The van der Waals surface area contributed by atoms with E-state index in [1.54, 1.807) is 6.08 Å². The monoisotopic (exact) mass is 138 g/mol. The number of aldehydes is 1. The van der Waals surface area contributed by atoms with Crippen LogP contribution in [0, 0.1) is 11.8 Å². The van der Waals surface area contributed by atoms with E-state index in [0.29, 0.717) is 0 Å². The highest BCUT2D eigenvalue weighted by molar-refractivity contribution is 5.64. The summed E-state index contributed by atoms with van der Waals surface area (Å²) in [6.45, 7) is 2.26. The topological polar surface area (TPSA) is 17.1 Å². The Morgan fingerprint density at radius 1 is 1.60 bits per heavy atom. The van der Waals surface area contributed by atoms with Gasteiger partial charge in [-0.25, -0.2) is 0 Å². The summed E-state index contributed by atoms with van der Waals surface area (Å²) in [5.74, 6) is 1.74. The van der Waals surface area contributed by atoms with Crippen molar-refractivity contribution in [3.8, 4) is 0 Å². The van der Waals surface area contributed by atoms with Gasteiger partial charge in [0.15, 0.2) is 0 Å². The second-order valence-electron chi connectivity index (χ2n) is 3.11. The Balaban J connectivity index is 2.10. The van der Waals surface area contributed by atoms with Gasteiger partial charge in [0.05, 0.1) is 0 Å². The van der Waals surface area contributed by atoms with Crippen LogP contribution in [0.1, 0.15) is 26.2 Å². The first-order chi connectivity index (χ1) is 4.84. The SMILES string of the molecule is CC(C/C=C/C=O)C1CC1. The zero-order valence-electron chi connectivity index (χ0n) is 6.42. The van der Waals surface area contributed by atoms with Gasteiger partial charge < -0.3 is 0 Å². The summed E-state index contributed by atoms with van der Waals surface area (Å²) in [7, 11) is 0. The largest absolute Gasteiger partial charge is 0.299 e. The number of allylic oxidation sites excluding steroid dienone is 2. The summed E-state index contributed by atoms with van der Waals surface area (Å²) in [6.07, 6.45) is 8.28. The minimum atomic E-state index is 0.788. The number of carbonyl (C=O) groups excluding carboxylic acids is 1. The van der Waals surface area contributed by atoms with Crippen molar-refractivity contribution in [2.45, 2.75) is 26.2 Å². The lowest BCUT2D eigenvalue weighted by molar-refractivity contribution is -0.104. The zero-order valence-corrected chi connectivity index (χ0v) is 6.42. The Hall–Kier alpha value is -0.590. The molecule has 0 radical (unpaired) electrons. The summed E-state index contributed by atoms with van der Waals surface area (Å²) in [4.78, 5) is 9.89. The van der Waals surface area contributed by atoms with Gasteiger partial charge in [0.1, 0.15) is 6.29 Å². The van der Waals surface area contributed by atoms with Crippen molar-refractivity contribution in [1.29, 1.82) is 0 Å². The van der Waals surface area contributed by atoms with Gasteiger partial charge in [-0.15, -0.1) is 0 Å². The molecule has 1 rings (SSSR count). The molecular formula is C9H14O. The highest BCUT2D eigenvalue weighted by atomic mass is 16.1. The molecule has 1 saturated carbocycles. The molecule has 1 fully saturated rings. The average Bonchev–Trinajstić information content (AvgIpc) is 2.69. The zero-order chi connectivity index (χ0) is 7.40. The second kappa shape index (κ2) is 3.55. The van der Waals surface area contributed by atoms with Crippen LogP contribution in [0.2, 0.25) is 0 Å². The molecule has 0 aromatic rings. The first kappa shape index (κ1) is 7.52. The number of hydrogen-bond acceptors (Lipinski definition) is 1. The molecular weight excluding hydrogens is 124 g/mol. The molecule has 10 heavy (non-hydrogen) atoms. The number of rotatable bonds is 4. The highest BCUT2D eigenvalue weighted by Crippen LogP contribution is 2.38. The smallest absolute Gasteiger partial charge is 0.142 e. The van der Waals surface area contributed by atoms with Crippen LogP contribution in [0.25, 0.3) is 0 Å². The van der Waals surface area contributed by atoms with Crippen molar-refractivity contribution in [3.05, 3.63) is 12.2 Å². The molecule has 0 aliphatic heterocycles. The normalized spacial score (nSPS) is 21.3. The van der Waals surface area contributed by atoms with Crippen LogP contribution in [0.4, 0.5) is 0 Å². The summed E-state index contributed by atoms with van der Waals surface area (Å²) in [6, 6.07) is 0. The summed E-state index contributed by atoms with van der Waals surface area (Å²) < 4.78 is 0. The predicted octanol–water partition coefficient (Wildman–Crippen LogP) is 2.18. The molecule has 1 nitrogen and oxygen atoms in total. The quantitative estimate of drug-likeness (QED) is 0.430. The first-order valence-corrected chi connectivity index (χ1v) is 3.95. The van der Waals surface area contributed by atoms with Crippen LogP contribution >= 0.6 is 0 Å². The lowest BCUT2D eigenvalue weighted by atomic mass is 10.0. The molecule has 0 amide bonds. The van der Waals surface area contributed by atoms with Crippen molar-refractivity contribution in [3.63, 3.8) is 0 Å². The van der Waals surface area contributed by atoms with Crippen LogP contribution in [0.3, 0.4) is 0 Å². The van der Waals surface area contributed by atoms with Gasteiger partial charge >= 0.3 is 0 Å². The predicted molar refractivity (Wildman–Crippen MR) is 41.7 cm³/mol. The molecule has 1 aliphatic carbocycles. The standard InChI is InChI=1S/C9H14O/c1-8(9-5-6-9)4-2-3-7-10/h2-3,7-9H,4-6H2,1H3/b3-2+. The van der Waals surface area contributed by atoms with E-state index in [-0.39, 0.29) is 0 Å². The van der Waals surface area contributed by atoms with Gasteiger partial charge in [0, 0.05) is 0 Å². The fourth-order valence-corrected chi connectivity index (χ4v) is 1.21. The maximum absolute atomic E-state index is 9.89. The maximum Gasteiger partial charge on any atom is 0.142 e. The Labute approximate surface area is 62.1 Å². The highest BCUT2D eigenvalue weighted by Gasteiger charge is 2.26. The van der Waals surface area contributed by atoms with Gasteiger partial charge in [-0.3, -0.25) is 4.79 Å². The van der Waals surface area contributed by atoms with Crippen molar-refractivity contribution < 1.29 is 4.79 Å². The van der Waals surface area contributed by atoms with E-state index >= 15 is 0 Å². The molecule has 0 N–H and O–H groups in total. The van der Waals surface area contributed by atoms with Gasteiger partial charge in [0.25, 0.3) is 0 Å². The van der Waals surface area contributed by atoms with Crippen molar-refractivity contribution in [2.75, 3.05) is 0 Å². The minimum absolute atomic E-state index is 0.788. The summed E-state index contributed by atoms with van der Waals surface area (Å²) >= 11 is 0. The minimum Gasteiger partial charge on any atom is -0.299 e. The van der Waals surface area contributed by atoms with Gasteiger partial charge in [0.2, 0.25) is 0 Å². The lowest BCUT2D eigenvalue weighted by Crippen LogP contribution is -1.93. The molecule has 0 aromatic heterocycles. The van der Waals surface area contributed by atoms with E-state index < -0.39 is 0 Å². The van der Waals surface area contributed by atoms with Crippen molar-refractivity contribution >= 4 is 6.29 Å². The Kier molecular flexibility index (Phi) is 2.67. The third-order valence-electron chi connectivity index (χ3n) is 2.15. The molecule has 1 aliphatic rings. The number of carbonyl (C=O) groups is 1. The molecule has 0 bridgehead atoms. The van der Waals surface area contributed by atoms with Crippen LogP contribution in [0.15, 0.2) is 12.2 Å². The van der Waals surface area contributed by atoms with E-state index in [0.717, 1.165) is 24.5 Å². The second-order valence-corrected chi connectivity index (χ2v) is 3.11. The van der Waals surface area contributed by atoms with Crippen LogP contribution in [0.5, 0.6) is 0 Å². The molecule has 1 unspecified atom stereocenters. The lowest BCUT2D eigenvalue weighted by Gasteiger charge is -2.03. The van der Waals surface area contributed by atoms with Crippen LogP contribution < -0.4 is 0 Å². The Morgan fingerprint density at radius 2 is 2.30 bits per heavy atom. The van der Waals surface area contributed by atoms with E-state index in [1.807, 2.05) is 6.08 Å². The van der Waals surface area contributed by atoms with Crippen LogP contribution in [-0.2, 0) is 4.79 Å². The van der Waals surface area contributed by atoms with E-state index in [2.05, 4.69) is 6.92 Å². The van der Waals surface area contributed by atoms with Gasteiger partial charge in [-0.2, -0.15) is 0 Å². The fourth-order valence-electron chi connectivity index (χ4n) is 1.21. The molecule has 56 valence electrons. The fraction of sp³-hybridized carbons (Fsp3) is 0.667. The first-order valence-electron chi connectivity index (χ1n) is 3.95. The third-order valence-corrected chi connectivity index (χ3v) is 2.15. The number of hydrogen-bond donors (Lipinski definition) is 0. The molecule has 1 heteroatoms. The molecule has 0 spiro atoms. The average molecular weight is 138 g/mol.